The highest BCUT2D eigenvalue weighted by atomic mass is 19.1. The first kappa shape index (κ1) is 19.6. The number of benzene rings is 2. The molecule has 0 aliphatic heterocycles. The van der Waals surface area contributed by atoms with Crippen molar-refractivity contribution in [2.24, 2.45) is 0 Å². The molecule has 0 saturated carbocycles. The largest absolute Gasteiger partial charge is 0.497 e. The monoisotopic (exact) mass is 403 g/mol. The van der Waals surface area contributed by atoms with Crippen LogP contribution in [-0.4, -0.2) is 21.6 Å². The second-order valence-electron chi connectivity index (χ2n) is 6.89. The third-order valence-electron chi connectivity index (χ3n) is 4.98. The van der Waals surface area contributed by atoms with E-state index in [-0.39, 0.29) is 11.9 Å². The highest BCUT2D eigenvalue weighted by Crippen LogP contribution is 2.32. The molecule has 152 valence electrons. The lowest BCUT2D eigenvalue weighted by Gasteiger charge is -2.20. The van der Waals surface area contributed by atoms with Crippen LogP contribution in [0.1, 0.15) is 24.1 Å². The second kappa shape index (κ2) is 8.78. The summed E-state index contributed by atoms with van der Waals surface area (Å²) in [7, 11) is 1.63. The lowest BCUT2D eigenvalue weighted by molar-refractivity contribution is 0.299. The molecule has 0 N–H and O–H groups in total. The predicted octanol–water partition coefficient (Wildman–Crippen LogP) is 5.28. The highest BCUT2D eigenvalue weighted by molar-refractivity contribution is 5.54. The molecule has 0 aliphatic rings. The maximum absolute atomic E-state index is 14.1. The smallest absolute Gasteiger partial charge is 0.142 e. The van der Waals surface area contributed by atoms with E-state index >= 15 is 0 Å². The summed E-state index contributed by atoms with van der Waals surface area (Å²) < 4.78 is 27.4. The summed E-state index contributed by atoms with van der Waals surface area (Å²) in [6.07, 6.45) is 7.09. The molecule has 6 heteroatoms. The van der Waals surface area contributed by atoms with E-state index in [9.17, 15) is 4.39 Å². The molecule has 0 amide bonds. The number of halogens is 1. The molecule has 1 unspecified atom stereocenters. The van der Waals surface area contributed by atoms with Crippen molar-refractivity contribution in [1.82, 2.24) is 14.5 Å². The molecule has 0 aliphatic carbocycles. The molecule has 4 rings (SSSR count). The predicted molar refractivity (Wildman–Crippen MR) is 113 cm³/mol. The quantitative estimate of drug-likeness (QED) is 0.421. The molecule has 30 heavy (non-hydrogen) atoms. The SMILES string of the molecule is COc1ccc(COc2ccc(F)cc2C(C)n2ccnc2-c2cccnc2)cc1. The average molecular weight is 403 g/mol. The van der Waals surface area contributed by atoms with E-state index in [1.54, 1.807) is 31.8 Å². The third kappa shape index (κ3) is 4.17. The number of hydrogen-bond donors (Lipinski definition) is 0. The van der Waals surface area contributed by atoms with Crippen LogP contribution in [0.4, 0.5) is 4.39 Å². The van der Waals surface area contributed by atoms with Gasteiger partial charge >= 0.3 is 0 Å². The maximum Gasteiger partial charge on any atom is 0.142 e. The number of rotatable bonds is 7. The van der Waals surface area contributed by atoms with Crippen LogP contribution in [0.2, 0.25) is 0 Å². The summed E-state index contributed by atoms with van der Waals surface area (Å²) in [5.41, 5.74) is 2.63. The molecule has 5 nitrogen and oxygen atoms in total. The fourth-order valence-electron chi connectivity index (χ4n) is 3.35. The Hall–Kier alpha value is -3.67. The topological polar surface area (TPSA) is 49.2 Å². The first-order valence-electron chi connectivity index (χ1n) is 9.64. The normalized spacial score (nSPS) is 11.8. The van der Waals surface area contributed by atoms with Crippen molar-refractivity contribution in [3.05, 3.63) is 96.3 Å². The van der Waals surface area contributed by atoms with Gasteiger partial charge < -0.3 is 14.0 Å². The Kier molecular flexibility index (Phi) is 5.75. The minimum Gasteiger partial charge on any atom is -0.497 e. The van der Waals surface area contributed by atoms with Gasteiger partial charge in [0.15, 0.2) is 0 Å². The van der Waals surface area contributed by atoms with Crippen LogP contribution in [0, 0.1) is 5.82 Å². The van der Waals surface area contributed by atoms with Gasteiger partial charge in [-0.2, -0.15) is 0 Å². The zero-order chi connectivity index (χ0) is 20.9. The van der Waals surface area contributed by atoms with Crippen molar-refractivity contribution in [2.45, 2.75) is 19.6 Å². The van der Waals surface area contributed by atoms with Crippen LogP contribution in [0.5, 0.6) is 11.5 Å². The van der Waals surface area contributed by atoms with Crippen LogP contribution in [-0.2, 0) is 6.61 Å². The van der Waals surface area contributed by atoms with Gasteiger partial charge in [-0.3, -0.25) is 4.98 Å². The summed E-state index contributed by atoms with van der Waals surface area (Å²) in [6.45, 7) is 2.37. The van der Waals surface area contributed by atoms with Crippen molar-refractivity contribution in [2.75, 3.05) is 7.11 Å². The van der Waals surface area contributed by atoms with Crippen LogP contribution in [0.3, 0.4) is 0 Å². The van der Waals surface area contributed by atoms with Crippen LogP contribution >= 0.6 is 0 Å². The zero-order valence-corrected chi connectivity index (χ0v) is 16.8. The molecule has 0 spiro atoms. The molecule has 4 aromatic rings. The van der Waals surface area contributed by atoms with Gasteiger partial charge in [0.25, 0.3) is 0 Å². The van der Waals surface area contributed by atoms with Gasteiger partial charge in [-0.15, -0.1) is 0 Å². The summed E-state index contributed by atoms with van der Waals surface area (Å²) in [5.74, 6) is 1.88. The number of imidazole rings is 1. The molecule has 0 radical (unpaired) electrons. The Balaban J connectivity index is 1.61. The van der Waals surface area contributed by atoms with Crippen molar-refractivity contribution in [3.8, 4) is 22.9 Å². The number of ether oxygens (including phenoxy) is 2. The van der Waals surface area contributed by atoms with Crippen molar-refractivity contribution < 1.29 is 13.9 Å². The number of hydrogen-bond acceptors (Lipinski definition) is 4. The number of nitrogens with zero attached hydrogens (tertiary/aromatic N) is 3. The molecular formula is C24H22FN3O2. The van der Waals surface area contributed by atoms with E-state index < -0.39 is 0 Å². The first-order valence-corrected chi connectivity index (χ1v) is 9.64. The first-order chi connectivity index (χ1) is 14.7. The molecule has 0 bridgehead atoms. The molecule has 0 fully saturated rings. The Morgan fingerprint density at radius 3 is 2.63 bits per heavy atom. The molecule has 2 aromatic heterocycles. The molecule has 1 atom stereocenters. The molecular weight excluding hydrogens is 381 g/mol. The van der Waals surface area contributed by atoms with Crippen LogP contribution < -0.4 is 9.47 Å². The van der Waals surface area contributed by atoms with Crippen LogP contribution in [0.25, 0.3) is 11.4 Å². The molecule has 2 aromatic carbocycles. The van der Waals surface area contributed by atoms with E-state index in [4.69, 9.17) is 9.47 Å². The van der Waals surface area contributed by atoms with Crippen molar-refractivity contribution in [3.63, 3.8) is 0 Å². The number of aromatic nitrogens is 3. The van der Waals surface area contributed by atoms with Gasteiger partial charge in [-0.25, -0.2) is 9.37 Å². The van der Waals surface area contributed by atoms with Crippen molar-refractivity contribution >= 4 is 0 Å². The van der Waals surface area contributed by atoms with Gasteiger partial charge in [0.05, 0.1) is 13.2 Å². The Bertz CT molecular complexity index is 1110. The Morgan fingerprint density at radius 1 is 1.07 bits per heavy atom. The van der Waals surface area contributed by atoms with Gasteiger partial charge in [0, 0.05) is 35.9 Å². The zero-order valence-electron chi connectivity index (χ0n) is 16.8. The lowest BCUT2D eigenvalue weighted by atomic mass is 10.1. The van der Waals surface area contributed by atoms with Crippen molar-refractivity contribution in [1.29, 1.82) is 0 Å². The van der Waals surface area contributed by atoms with Gasteiger partial charge in [-0.1, -0.05) is 12.1 Å². The summed E-state index contributed by atoms with van der Waals surface area (Å²) >= 11 is 0. The minimum atomic E-state index is -0.309. The fraction of sp³-hybridized carbons (Fsp3) is 0.167. The van der Waals surface area contributed by atoms with Gasteiger partial charge in [0.1, 0.15) is 29.7 Å². The average Bonchev–Trinajstić information content (AvgIpc) is 3.28. The second-order valence-corrected chi connectivity index (χ2v) is 6.89. The Labute approximate surface area is 174 Å². The van der Waals surface area contributed by atoms with E-state index in [0.29, 0.717) is 12.4 Å². The summed E-state index contributed by atoms with van der Waals surface area (Å²) in [4.78, 5) is 8.65. The maximum atomic E-state index is 14.1. The standard InChI is InChI=1S/C24H22FN3O2/c1-17(28-13-12-27-24(28)19-4-3-11-26-15-19)22-14-20(25)7-10-23(22)30-16-18-5-8-21(29-2)9-6-18/h3-15,17H,16H2,1-2H3. The number of pyridine rings is 1. The lowest BCUT2D eigenvalue weighted by Crippen LogP contribution is -2.10. The van der Waals surface area contributed by atoms with E-state index in [0.717, 1.165) is 28.3 Å². The summed E-state index contributed by atoms with van der Waals surface area (Å²) in [6, 6.07) is 15.9. The highest BCUT2D eigenvalue weighted by Gasteiger charge is 2.18. The molecule has 0 saturated heterocycles. The van der Waals surface area contributed by atoms with E-state index in [2.05, 4.69) is 9.97 Å². The minimum absolute atomic E-state index is 0.190. The fourth-order valence-corrected chi connectivity index (χ4v) is 3.35. The molecule has 2 heterocycles. The Morgan fingerprint density at radius 2 is 1.90 bits per heavy atom. The summed E-state index contributed by atoms with van der Waals surface area (Å²) in [5, 5.41) is 0. The number of methoxy groups -OCH3 is 1. The van der Waals surface area contributed by atoms with Gasteiger partial charge in [0.2, 0.25) is 0 Å². The van der Waals surface area contributed by atoms with E-state index in [1.165, 1.54) is 12.1 Å². The van der Waals surface area contributed by atoms with Crippen LogP contribution in [0.15, 0.2) is 79.4 Å². The third-order valence-corrected chi connectivity index (χ3v) is 4.98. The van der Waals surface area contributed by atoms with Gasteiger partial charge in [-0.05, 0) is 55.0 Å². The van der Waals surface area contributed by atoms with E-state index in [1.807, 2.05) is 54.1 Å².